The van der Waals surface area contributed by atoms with E-state index in [-0.39, 0.29) is 0 Å². The van der Waals surface area contributed by atoms with Crippen molar-refractivity contribution in [2.45, 2.75) is 156 Å². The van der Waals surface area contributed by atoms with Gasteiger partial charge in [0.1, 0.15) is 0 Å². The van der Waals surface area contributed by atoms with Gasteiger partial charge in [0, 0.05) is 22.8 Å². The Hall–Kier alpha value is -2.48. The molecule has 0 saturated carbocycles. The molecule has 2 aromatic carbocycles. The number of unbranched alkanes of at least 4 members (excludes halogenated alkanes) is 15. The molecule has 1 heterocycles. The topological polar surface area (TPSA) is 25.3 Å². The van der Waals surface area contributed by atoms with E-state index < -0.39 is 0 Å². The Morgan fingerprint density at radius 1 is 0.500 bits per heavy atom. The lowest BCUT2D eigenvalue weighted by atomic mass is 9.98. The lowest BCUT2D eigenvalue weighted by Gasteiger charge is -2.12. The third-order valence-corrected chi connectivity index (χ3v) is 8.92. The zero-order chi connectivity index (χ0) is 29.8. The van der Waals surface area contributed by atoms with Gasteiger partial charge >= 0.3 is 0 Å². The highest BCUT2D eigenvalue weighted by Crippen LogP contribution is 2.38. The fourth-order valence-corrected chi connectivity index (χ4v) is 6.33. The maximum atomic E-state index is 11.7. The quantitative estimate of drug-likeness (QED) is 0.0941. The molecule has 42 heavy (non-hydrogen) atoms. The molecule has 0 unspecified atom stereocenters. The first-order chi connectivity index (χ1) is 20.7. The highest BCUT2D eigenvalue weighted by molar-refractivity contribution is 5.78. The van der Waals surface area contributed by atoms with Gasteiger partial charge in [-0.2, -0.15) is 0 Å². The summed E-state index contributed by atoms with van der Waals surface area (Å²) in [6.07, 6.45) is 29.0. The summed E-state index contributed by atoms with van der Waals surface area (Å²) in [7, 11) is 0. The third-order valence-electron chi connectivity index (χ3n) is 8.92. The summed E-state index contributed by atoms with van der Waals surface area (Å²) in [4.78, 5) is 0. The summed E-state index contributed by atoms with van der Waals surface area (Å²) < 4.78 is 1.50. The van der Waals surface area contributed by atoms with Crippen LogP contribution in [0.1, 0.15) is 165 Å². The molecule has 2 heteroatoms. The predicted molar refractivity (Wildman–Crippen MR) is 184 cm³/mol. The van der Waals surface area contributed by atoms with Crippen LogP contribution in [-0.2, 0) is 12.8 Å². The minimum Gasteiger partial charge on any atom is -0.493 e. The molecule has 0 aromatic heterocycles. The van der Waals surface area contributed by atoms with Crippen molar-refractivity contribution >= 4 is 11.4 Å². The van der Waals surface area contributed by atoms with Gasteiger partial charge < -0.3 is 5.53 Å². The Morgan fingerprint density at radius 2 is 0.929 bits per heavy atom. The molecule has 0 bridgehead atoms. The van der Waals surface area contributed by atoms with Crippen LogP contribution in [0.25, 0.3) is 16.9 Å². The number of allylic oxidation sites excluding steroid dienone is 2. The second kappa shape index (κ2) is 20.4. The van der Waals surface area contributed by atoms with E-state index in [1.54, 1.807) is 0 Å². The molecule has 1 aliphatic rings. The molecule has 0 spiro atoms. The maximum absolute atomic E-state index is 11.7. The standard InChI is InChI=1S/C40H60N2/c1-4-7-10-13-16-19-24-34-26-22-29-36(31-34)39-33-38(28-21-18-15-12-9-6-3)40(42(39)41)37-30-23-27-35(32-37)25-20-17-14-11-8-5-2/h22-23,26-27,29-33H,4-21,24-25,28H2,1-3H3. The van der Waals surface area contributed by atoms with E-state index in [2.05, 4.69) is 75.4 Å². The summed E-state index contributed by atoms with van der Waals surface area (Å²) in [6, 6.07) is 17.9. The molecule has 0 aliphatic carbocycles. The van der Waals surface area contributed by atoms with Crippen molar-refractivity contribution in [2.24, 2.45) is 0 Å². The highest BCUT2D eigenvalue weighted by Gasteiger charge is 2.29. The van der Waals surface area contributed by atoms with E-state index in [9.17, 15) is 5.53 Å². The van der Waals surface area contributed by atoms with Crippen LogP contribution >= 0.6 is 0 Å². The van der Waals surface area contributed by atoms with Gasteiger partial charge in [-0.15, -0.1) is 0 Å². The van der Waals surface area contributed by atoms with Crippen LogP contribution in [0.2, 0.25) is 0 Å². The molecule has 0 N–H and O–H groups in total. The maximum Gasteiger partial charge on any atom is 0.210 e. The van der Waals surface area contributed by atoms with Gasteiger partial charge in [0.05, 0.1) is 0 Å². The molecule has 1 aliphatic heterocycles. The van der Waals surface area contributed by atoms with Gasteiger partial charge in [0.25, 0.3) is 0 Å². The van der Waals surface area contributed by atoms with Gasteiger partial charge in [-0.05, 0) is 73.9 Å². The van der Waals surface area contributed by atoms with Gasteiger partial charge in [0.2, 0.25) is 11.4 Å². The second-order valence-electron chi connectivity index (χ2n) is 12.7. The fraction of sp³-hybridized carbons (Fsp3) is 0.600. The lowest BCUT2D eigenvalue weighted by molar-refractivity contribution is -0.344. The molecule has 230 valence electrons. The van der Waals surface area contributed by atoms with Crippen LogP contribution in [-0.4, -0.2) is 4.70 Å². The summed E-state index contributed by atoms with van der Waals surface area (Å²) >= 11 is 0. The van der Waals surface area contributed by atoms with Gasteiger partial charge in [0.15, 0.2) is 0 Å². The predicted octanol–water partition coefficient (Wildman–Crippen LogP) is 13.0. The van der Waals surface area contributed by atoms with Crippen molar-refractivity contribution in [3.05, 3.63) is 88.0 Å². The van der Waals surface area contributed by atoms with E-state index in [0.717, 1.165) is 41.8 Å². The molecule has 0 radical (unpaired) electrons. The Morgan fingerprint density at radius 3 is 1.45 bits per heavy atom. The SMILES string of the molecule is CCCCCCCCC1=C(c2cccc(CCCCCCCC)c2)[N+](=[N-])C(c2cccc(CCCCCCCC)c2)=C1. The number of hydrogen-bond donors (Lipinski definition) is 0. The summed E-state index contributed by atoms with van der Waals surface area (Å²) in [5.41, 5.74) is 19.9. The normalized spacial score (nSPS) is 13.3. The largest absolute Gasteiger partial charge is 0.493 e. The molecule has 0 saturated heterocycles. The first-order valence-corrected chi connectivity index (χ1v) is 17.8. The Kier molecular flexibility index (Phi) is 16.5. The highest BCUT2D eigenvalue weighted by atomic mass is 15.2. The number of rotatable bonds is 23. The number of benzene rings is 2. The molecule has 0 amide bonds. The molecule has 2 nitrogen and oxygen atoms in total. The number of nitrogens with zero attached hydrogens (tertiary/aromatic N) is 2. The van der Waals surface area contributed by atoms with Crippen LogP contribution in [0.3, 0.4) is 0 Å². The zero-order valence-corrected chi connectivity index (χ0v) is 27.4. The Bertz CT molecular complexity index is 1120. The number of aryl methyl sites for hydroxylation is 2. The van der Waals surface area contributed by atoms with Crippen molar-refractivity contribution < 1.29 is 4.70 Å². The van der Waals surface area contributed by atoms with Crippen molar-refractivity contribution in [3.63, 3.8) is 0 Å². The van der Waals surface area contributed by atoms with Crippen LogP contribution in [0, 0.1) is 0 Å². The van der Waals surface area contributed by atoms with E-state index in [1.165, 1.54) is 137 Å². The van der Waals surface area contributed by atoms with Crippen molar-refractivity contribution in [1.82, 2.24) is 0 Å². The Balaban J connectivity index is 1.72. The van der Waals surface area contributed by atoms with Crippen molar-refractivity contribution in [3.8, 4) is 0 Å². The molecule has 0 atom stereocenters. The van der Waals surface area contributed by atoms with Crippen LogP contribution < -0.4 is 0 Å². The summed E-state index contributed by atoms with van der Waals surface area (Å²) in [5.74, 6) is 0. The molecule has 0 fully saturated rings. The van der Waals surface area contributed by atoms with Crippen molar-refractivity contribution in [1.29, 1.82) is 0 Å². The van der Waals surface area contributed by atoms with Gasteiger partial charge in [-0.3, -0.25) is 0 Å². The van der Waals surface area contributed by atoms with E-state index >= 15 is 0 Å². The molecule has 2 aromatic rings. The third kappa shape index (κ3) is 11.7. The number of hydrogen-bond acceptors (Lipinski definition) is 0. The molecular weight excluding hydrogens is 508 g/mol. The van der Waals surface area contributed by atoms with E-state index in [4.69, 9.17) is 0 Å². The van der Waals surface area contributed by atoms with E-state index in [1.807, 2.05) is 0 Å². The average molecular weight is 569 g/mol. The first-order valence-electron chi connectivity index (χ1n) is 17.8. The zero-order valence-electron chi connectivity index (χ0n) is 27.4. The fourth-order valence-electron chi connectivity index (χ4n) is 6.33. The molecular formula is C40H60N2. The molecule has 3 rings (SSSR count). The monoisotopic (exact) mass is 568 g/mol. The second-order valence-corrected chi connectivity index (χ2v) is 12.7. The van der Waals surface area contributed by atoms with Crippen LogP contribution in [0.15, 0.2) is 60.2 Å². The lowest BCUT2D eigenvalue weighted by Crippen LogP contribution is -2.03. The van der Waals surface area contributed by atoms with Crippen LogP contribution in [0.5, 0.6) is 0 Å². The summed E-state index contributed by atoms with van der Waals surface area (Å²) in [5, 5.41) is 0. The average Bonchev–Trinajstić information content (AvgIpc) is 3.34. The van der Waals surface area contributed by atoms with Gasteiger partial charge in [-0.25, -0.2) is 4.70 Å². The van der Waals surface area contributed by atoms with Crippen molar-refractivity contribution in [2.75, 3.05) is 0 Å². The Labute approximate surface area is 259 Å². The van der Waals surface area contributed by atoms with E-state index in [0.29, 0.717) is 0 Å². The minimum absolute atomic E-state index is 0.928. The van der Waals surface area contributed by atoms with Gasteiger partial charge in [-0.1, -0.05) is 141 Å². The summed E-state index contributed by atoms with van der Waals surface area (Å²) in [6.45, 7) is 6.84. The first kappa shape index (κ1) is 34.0. The van der Waals surface area contributed by atoms with Crippen LogP contribution in [0.4, 0.5) is 0 Å². The smallest absolute Gasteiger partial charge is 0.210 e. The minimum atomic E-state index is 0.928.